The van der Waals surface area contributed by atoms with Crippen LogP contribution in [0.25, 0.3) is 0 Å². The molecule has 1 unspecified atom stereocenters. The molecule has 0 saturated heterocycles. The van der Waals surface area contributed by atoms with Crippen LogP contribution in [0, 0.1) is 6.92 Å². The highest BCUT2D eigenvalue weighted by atomic mass is 35.5. The molecule has 1 atom stereocenters. The van der Waals surface area contributed by atoms with Gasteiger partial charge in [0.15, 0.2) is 11.7 Å². The van der Waals surface area contributed by atoms with Crippen LogP contribution in [0.5, 0.6) is 5.75 Å². The lowest BCUT2D eigenvalue weighted by Crippen LogP contribution is -2.37. The van der Waals surface area contributed by atoms with E-state index in [2.05, 4.69) is 30.5 Å². The lowest BCUT2D eigenvalue weighted by molar-refractivity contribution is -0.121. The van der Waals surface area contributed by atoms with E-state index in [0.29, 0.717) is 16.7 Å². The van der Waals surface area contributed by atoms with E-state index in [1.165, 1.54) is 5.56 Å². The molecule has 0 radical (unpaired) electrons. The highest BCUT2D eigenvalue weighted by Gasteiger charge is 2.11. The van der Waals surface area contributed by atoms with Crippen molar-refractivity contribution < 1.29 is 9.53 Å². The number of aryl methyl sites for hydroxylation is 1. The number of para-hydroxylation sites is 1. The van der Waals surface area contributed by atoms with Crippen molar-refractivity contribution in [3.63, 3.8) is 0 Å². The lowest BCUT2D eigenvalue weighted by Gasteiger charge is -2.17. The standard InChI is InChI=1S/C20H23ClN2O2S/c1-4-13(2)16-7-5-6-8-18(16)22-20(26)23-19(24)12-25-15-9-10-17(21)14(3)11-15/h5-11,13H,4,12H2,1-3H3,(H2,22,23,24,26). The summed E-state index contributed by atoms with van der Waals surface area (Å²) < 4.78 is 5.48. The van der Waals surface area contributed by atoms with Gasteiger partial charge in [-0.3, -0.25) is 10.1 Å². The molecule has 0 saturated carbocycles. The molecule has 0 aromatic heterocycles. The van der Waals surface area contributed by atoms with Gasteiger partial charge in [-0.1, -0.05) is 43.6 Å². The zero-order valence-corrected chi connectivity index (χ0v) is 16.7. The molecular formula is C20H23ClN2O2S. The first-order valence-electron chi connectivity index (χ1n) is 8.49. The third-order valence-electron chi connectivity index (χ3n) is 4.10. The van der Waals surface area contributed by atoms with Crippen molar-refractivity contribution in [1.82, 2.24) is 5.32 Å². The molecule has 0 heterocycles. The van der Waals surface area contributed by atoms with Gasteiger partial charge in [0.2, 0.25) is 0 Å². The number of amides is 1. The first-order valence-corrected chi connectivity index (χ1v) is 9.28. The van der Waals surface area contributed by atoms with Gasteiger partial charge in [-0.05, 0) is 66.9 Å². The molecule has 2 rings (SSSR count). The topological polar surface area (TPSA) is 50.4 Å². The molecule has 26 heavy (non-hydrogen) atoms. The van der Waals surface area contributed by atoms with E-state index in [4.69, 9.17) is 28.6 Å². The predicted molar refractivity (Wildman–Crippen MR) is 111 cm³/mol. The summed E-state index contributed by atoms with van der Waals surface area (Å²) in [6.45, 7) is 6.04. The summed E-state index contributed by atoms with van der Waals surface area (Å²) >= 11 is 11.2. The molecule has 0 bridgehead atoms. The summed E-state index contributed by atoms with van der Waals surface area (Å²) in [6.07, 6.45) is 1.02. The molecule has 0 fully saturated rings. The second-order valence-electron chi connectivity index (χ2n) is 6.10. The molecule has 0 aliphatic heterocycles. The fourth-order valence-electron chi connectivity index (χ4n) is 2.43. The Labute approximate surface area is 164 Å². The number of carbonyl (C=O) groups excluding carboxylic acids is 1. The van der Waals surface area contributed by atoms with Gasteiger partial charge in [-0.25, -0.2) is 0 Å². The van der Waals surface area contributed by atoms with Crippen molar-refractivity contribution in [2.75, 3.05) is 11.9 Å². The summed E-state index contributed by atoms with van der Waals surface area (Å²) in [4.78, 5) is 12.1. The Morgan fingerprint density at radius 2 is 2.00 bits per heavy atom. The van der Waals surface area contributed by atoms with Crippen LogP contribution >= 0.6 is 23.8 Å². The van der Waals surface area contributed by atoms with Crippen LogP contribution in [0.3, 0.4) is 0 Å². The van der Waals surface area contributed by atoms with Crippen LogP contribution in [-0.4, -0.2) is 17.6 Å². The zero-order chi connectivity index (χ0) is 19.1. The molecule has 0 aliphatic rings. The number of halogens is 1. The van der Waals surface area contributed by atoms with Gasteiger partial charge in [0.1, 0.15) is 5.75 Å². The Kier molecular flexibility index (Phi) is 7.42. The summed E-state index contributed by atoms with van der Waals surface area (Å²) in [5.41, 5.74) is 2.96. The van der Waals surface area contributed by atoms with Gasteiger partial charge in [0.05, 0.1) is 0 Å². The second kappa shape index (κ2) is 9.55. The number of anilines is 1. The van der Waals surface area contributed by atoms with Gasteiger partial charge in [-0.2, -0.15) is 0 Å². The Morgan fingerprint density at radius 3 is 2.69 bits per heavy atom. The number of carbonyl (C=O) groups is 1. The zero-order valence-electron chi connectivity index (χ0n) is 15.1. The molecule has 1 amide bonds. The van der Waals surface area contributed by atoms with Crippen LogP contribution in [0.15, 0.2) is 42.5 Å². The van der Waals surface area contributed by atoms with Crippen molar-refractivity contribution in [1.29, 1.82) is 0 Å². The number of benzene rings is 2. The molecular weight excluding hydrogens is 368 g/mol. The minimum absolute atomic E-state index is 0.129. The van der Waals surface area contributed by atoms with E-state index in [9.17, 15) is 4.79 Å². The normalized spacial score (nSPS) is 11.5. The monoisotopic (exact) mass is 390 g/mol. The molecule has 2 aromatic rings. The maximum Gasteiger partial charge on any atom is 0.264 e. The maximum atomic E-state index is 12.1. The predicted octanol–water partition coefficient (Wildman–Crippen LogP) is 5.05. The highest BCUT2D eigenvalue weighted by Crippen LogP contribution is 2.26. The lowest BCUT2D eigenvalue weighted by atomic mass is 9.97. The van der Waals surface area contributed by atoms with Crippen molar-refractivity contribution >= 4 is 40.5 Å². The van der Waals surface area contributed by atoms with Gasteiger partial charge >= 0.3 is 0 Å². The number of hydrogen-bond acceptors (Lipinski definition) is 3. The quantitative estimate of drug-likeness (QED) is 0.677. The van der Waals surface area contributed by atoms with Crippen LogP contribution in [-0.2, 0) is 4.79 Å². The van der Waals surface area contributed by atoms with Gasteiger partial charge in [0.25, 0.3) is 5.91 Å². The third-order valence-corrected chi connectivity index (χ3v) is 4.73. The van der Waals surface area contributed by atoms with E-state index in [1.807, 2.05) is 25.1 Å². The fraction of sp³-hybridized carbons (Fsp3) is 0.300. The highest BCUT2D eigenvalue weighted by molar-refractivity contribution is 7.80. The number of rotatable bonds is 6. The number of thiocarbonyl (C=S) groups is 1. The molecule has 0 spiro atoms. The SMILES string of the molecule is CCC(C)c1ccccc1NC(=S)NC(=O)COc1ccc(Cl)c(C)c1. The van der Waals surface area contributed by atoms with E-state index in [-0.39, 0.29) is 17.6 Å². The molecule has 2 aromatic carbocycles. The van der Waals surface area contributed by atoms with Crippen LogP contribution < -0.4 is 15.4 Å². The summed E-state index contributed by atoms with van der Waals surface area (Å²) in [5.74, 6) is 0.660. The molecule has 138 valence electrons. The number of ether oxygens (including phenoxy) is 1. The maximum absolute atomic E-state index is 12.1. The van der Waals surface area contributed by atoms with Crippen LogP contribution in [0.4, 0.5) is 5.69 Å². The van der Waals surface area contributed by atoms with Gasteiger partial charge in [0, 0.05) is 10.7 Å². The summed E-state index contributed by atoms with van der Waals surface area (Å²) in [5, 5.41) is 6.65. The summed E-state index contributed by atoms with van der Waals surface area (Å²) in [6, 6.07) is 13.2. The Hall–Kier alpha value is -2.11. The van der Waals surface area contributed by atoms with Crippen molar-refractivity contribution in [3.8, 4) is 5.75 Å². The average molecular weight is 391 g/mol. The fourth-order valence-corrected chi connectivity index (χ4v) is 2.77. The third kappa shape index (κ3) is 5.71. The summed E-state index contributed by atoms with van der Waals surface area (Å²) in [7, 11) is 0. The Morgan fingerprint density at radius 1 is 1.27 bits per heavy atom. The molecule has 6 heteroatoms. The first kappa shape index (κ1) is 20.2. The van der Waals surface area contributed by atoms with Gasteiger partial charge in [-0.15, -0.1) is 0 Å². The largest absolute Gasteiger partial charge is 0.484 e. The molecule has 4 nitrogen and oxygen atoms in total. The first-order chi connectivity index (χ1) is 12.4. The van der Waals surface area contributed by atoms with Crippen molar-refractivity contribution in [2.45, 2.75) is 33.1 Å². The van der Waals surface area contributed by atoms with E-state index >= 15 is 0 Å². The number of hydrogen-bond donors (Lipinski definition) is 2. The molecule has 2 N–H and O–H groups in total. The minimum Gasteiger partial charge on any atom is -0.484 e. The van der Waals surface area contributed by atoms with E-state index < -0.39 is 0 Å². The van der Waals surface area contributed by atoms with Gasteiger partial charge < -0.3 is 10.1 Å². The second-order valence-corrected chi connectivity index (χ2v) is 6.91. The van der Waals surface area contributed by atoms with Crippen molar-refractivity contribution in [3.05, 3.63) is 58.6 Å². The van der Waals surface area contributed by atoms with E-state index in [0.717, 1.165) is 17.7 Å². The van der Waals surface area contributed by atoms with Crippen LogP contribution in [0.1, 0.15) is 37.3 Å². The van der Waals surface area contributed by atoms with Crippen molar-refractivity contribution in [2.24, 2.45) is 0 Å². The smallest absolute Gasteiger partial charge is 0.264 e. The Balaban J connectivity index is 1.89. The number of nitrogens with one attached hydrogen (secondary N) is 2. The average Bonchev–Trinajstić information content (AvgIpc) is 2.62. The molecule has 0 aliphatic carbocycles. The van der Waals surface area contributed by atoms with E-state index in [1.54, 1.807) is 18.2 Å². The minimum atomic E-state index is -0.323. The Bertz CT molecular complexity index is 795. The van der Waals surface area contributed by atoms with Crippen LogP contribution in [0.2, 0.25) is 5.02 Å².